The fraction of sp³-hybridized carbons (Fsp3) is 0.513. The first-order valence-corrected chi connectivity index (χ1v) is 18.1. The van der Waals surface area contributed by atoms with Crippen LogP contribution in [0.2, 0.25) is 0 Å². The number of anilines is 1. The molecule has 1 fully saturated rings. The van der Waals surface area contributed by atoms with Gasteiger partial charge in [0.15, 0.2) is 11.5 Å². The topological polar surface area (TPSA) is 145 Å². The molecule has 294 valence electrons. The Morgan fingerprint density at radius 3 is 2.02 bits per heavy atom. The van der Waals surface area contributed by atoms with E-state index in [4.69, 9.17) is 33.4 Å². The average Bonchev–Trinajstić information content (AvgIpc) is 3.90. The van der Waals surface area contributed by atoms with Crippen molar-refractivity contribution in [3.05, 3.63) is 71.3 Å². The van der Waals surface area contributed by atoms with Gasteiger partial charge < -0.3 is 48.5 Å². The molecule has 0 atom stereocenters. The van der Waals surface area contributed by atoms with Crippen molar-refractivity contribution >= 4 is 17.6 Å². The van der Waals surface area contributed by atoms with E-state index in [9.17, 15) is 18.4 Å². The van der Waals surface area contributed by atoms with Crippen molar-refractivity contribution in [1.82, 2.24) is 10.3 Å². The molecule has 15 heteroatoms. The van der Waals surface area contributed by atoms with E-state index in [0.29, 0.717) is 120 Å². The monoisotopic (exact) mass is 757 g/mol. The number of nitrogens with one attached hydrogen (secondary N) is 2. The highest BCUT2D eigenvalue weighted by Crippen LogP contribution is 2.52. The quantitative estimate of drug-likeness (QED) is 0.115. The molecule has 0 unspecified atom stereocenters. The van der Waals surface area contributed by atoms with Crippen LogP contribution >= 0.6 is 0 Å². The zero-order valence-corrected chi connectivity index (χ0v) is 31.0. The Hall–Kier alpha value is -4.25. The van der Waals surface area contributed by atoms with Gasteiger partial charge in [0.25, 0.3) is 5.91 Å². The zero-order valence-electron chi connectivity index (χ0n) is 31.0. The molecule has 1 saturated carbocycles. The van der Waals surface area contributed by atoms with E-state index in [-0.39, 0.29) is 29.4 Å². The van der Waals surface area contributed by atoms with Crippen LogP contribution in [0.5, 0.6) is 11.5 Å². The summed E-state index contributed by atoms with van der Waals surface area (Å²) in [5.41, 5.74) is 2.27. The number of rotatable bonds is 24. The molecule has 0 bridgehead atoms. The van der Waals surface area contributed by atoms with Crippen LogP contribution in [0.25, 0.3) is 11.3 Å². The van der Waals surface area contributed by atoms with Gasteiger partial charge in [-0.25, -0.2) is 4.98 Å². The summed E-state index contributed by atoms with van der Waals surface area (Å²) in [6.07, 6.45) is -2.44. The standard InChI is InChI=1S/C39H49F2N3O10/c1-27(2)52-24-23-51-22-21-50-20-19-49-18-17-48-16-15-47-14-13-42-36(45)30-6-4-5-29(25-30)35-28(3)7-10-34(43-35)44-37(46)38(11-12-38)31-8-9-32-33(26-31)54-39(40,41)53-32/h4-10,25-27H,11-24H2,1-3H3,(H,42,45)(H,43,44,46). The fourth-order valence-corrected chi connectivity index (χ4v) is 5.62. The number of pyridine rings is 1. The lowest BCUT2D eigenvalue weighted by atomic mass is 9.94. The number of carbonyl (C=O) groups is 2. The first-order chi connectivity index (χ1) is 26.1. The number of aromatic nitrogens is 1. The van der Waals surface area contributed by atoms with Crippen molar-refractivity contribution in [2.24, 2.45) is 0 Å². The third kappa shape index (κ3) is 12.1. The molecule has 3 aromatic rings. The third-order valence-corrected chi connectivity index (χ3v) is 8.57. The highest BCUT2D eigenvalue weighted by atomic mass is 19.3. The van der Waals surface area contributed by atoms with Gasteiger partial charge >= 0.3 is 6.29 Å². The highest BCUT2D eigenvalue weighted by Gasteiger charge is 2.53. The Morgan fingerprint density at radius 1 is 0.778 bits per heavy atom. The molecular weight excluding hydrogens is 708 g/mol. The number of halogens is 2. The number of ether oxygens (including phenoxy) is 8. The van der Waals surface area contributed by atoms with Crippen molar-refractivity contribution in [1.29, 1.82) is 0 Å². The summed E-state index contributed by atoms with van der Waals surface area (Å²) in [5.74, 6) is -0.417. The maximum atomic E-state index is 13.5. The second-order valence-electron chi connectivity index (χ2n) is 13.0. The van der Waals surface area contributed by atoms with Crippen LogP contribution in [-0.4, -0.2) is 108 Å². The van der Waals surface area contributed by atoms with E-state index < -0.39 is 11.7 Å². The number of alkyl halides is 2. The Morgan fingerprint density at radius 2 is 1.39 bits per heavy atom. The van der Waals surface area contributed by atoms with Gasteiger partial charge in [-0.3, -0.25) is 9.59 Å². The molecule has 5 rings (SSSR count). The van der Waals surface area contributed by atoms with Crippen molar-refractivity contribution in [2.45, 2.75) is 51.4 Å². The summed E-state index contributed by atoms with van der Waals surface area (Å²) in [7, 11) is 0. The van der Waals surface area contributed by atoms with Gasteiger partial charge in [0.1, 0.15) is 5.82 Å². The molecule has 1 aliphatic heterocycles. The summed E-state index contributed by atoms with van der Waals surface area (Å²) in [5, 5.41) is 5.75. The predicted molar refractivity (Wildman–Crippen MR) is 194 cm³/mol. The van der Waals surface area contributed by atoms with Crippen LogP contribution in [-0.2, 0) is 38.6 Å². The minimum absolute atomic E-state index is 0.0755. The third-order valence-electron chi connectivity index (χ3n) is 8.57. The molecule has 1 aliphatic carbocycles. The molecule has 0 radical (unpaired) electrons. The van der Waals surface area contributed by atoms with Gasteiger partial charge in [0.2, 0.25) is 5.91 Å². The second kappa shape index (κ2) is 19.9. The molecular formula is C39H49F2N3O10. The number of hydrogen-bond donors (Lipinski definition) is 2. The lowest BCUT2D eigenvalue weighted by Crippen LogP contribution is -2.28. The van der Waals surface area contributed by atoms with E-state index in [1.807, 2.05) is 32.9 Å². The molecule has 2 N–H and O–H groups in total. The molecule has 2 heterocycles. The van der Waals surface area contributed by atoms with E-state index in [1.165, 1.54) is 12.1 Å². The number of aryl methyl sites for hydroxylation is 1. The van der Waals surface area contributed by atoms with Crippen LogP contribution in [0.15, 0.2) is 54.6 Å². The van der Waals surface area contributed by atoms with Gasteiger partial charge in [-0.1, -0.05) is 24.3 Å². The van der Waals surface area contributed by atoms with Crippen LogP contribution in [0.1, 0.15) is 48.2 Å². The molecule has 13 nitrogen and oxygen atoms in total. The SMILES string of the molecule is Cc1ccc(NC(=O)C2(c3ccc4c(c3)OC(F)(F)O4)CC2)nc1-c1cccc(C(=O)NCCOCCOCCOCCOCCOCCOC(C)C)c1. The van der Waals surface area contributed by atoms with Crippen molar-refractivity contribution in [3.63, 3.8) is 0 Å². The summed E-state index contributed by atoms with van der Waals surface area (Å²) in [6.45, 7) is 11.3. The minimum atomic E-state index is -3.74. The first-order valence-electron chi connectivity index (χ1n) is 18.1. The van der Waals surface area contributed by atoms with Gasteiger partial charge in [0.05, 0.1) is 89.9 Å². The van der Waals surface area contributed by atoms with Crippen LogP contribution in [0, 0.1) is 6.92 Å². The average molecular weight is 758 g/mol. The molecule has 2 amide bonds. The van der Waals surface area contributed by atoms with Crippen molar-refractivity contribution in [3.8, 4) is 22.8 Å². The number of benzene rings is 2. The molecule has 54 heavy (non-hydrogen) atoms. The fourth-order valence-electron chi connectivity index (χ4n) is 5.62. The minimum Gasteiger partial charge on any atom is -0.395 e. The lowest BCUT2D eigenvalue weighted by molar-refractivity contribution is -0.286. The molecule has 1 aromatic heterocycles. The molecule has 0 saturated heterocycles. The van der Waals surface area contributed by atoms with Gasteiger partial charge in [-0.05, 0) is 75.1 Å². The molecule has 2 aliphatic rings. The van der Waals surface area contributed by atoms with E-state index in [0.717, 1.165) is 5.56 Å². The van der Waals surface area contributed by atoms with E-state index in [1.54, 1.807) is 30.3 Å². The predicted octanol–water partition coefficient (Wildman–Crippen LogP) is 5.29. The lowest BCUT2D eigenvalue weighted by Gasteiger charge is -2.17. The Kier molecular flexibility index (Phi) is 15.1. The molecule has 2 aromatic carbocycles. The number of hydrogen-bond acceptors (Lipinski definition) is 11. The number of amides is 2. The Bertz CT molecular complexity index is 1690. The summed E-state index contributed by atoms with van der Waals surface area (Å²) in [6, 6.07) is 15.0. The van der Waals surface area contributed by atoms with Crippen LogP contribution in [0.3, 0.4) is 0 Å². The number of fused-ring (bicyclic) bond motifs is 1. The van der Waals surface area contributed by atoms with Gasteiger partial charge in [-0.2, -0.15) is 0 Å². The van der Waals surface area contributed by atoms with Gasteiger partial charge in [-0.15, -0.1) is 8.78 Å². The van der Waals surface area contributed by atoms with E-state index >= 15 is 0 Å². The van der Waals surface area contributed by atoms with Crippen LogP contribution < -0.4 is 20.1 Å². The number of carbonyl (C=O) groups excluding carboxylic acids is 2. The highest BCUT2D eigenvalue weighted by molar-refractivity contribution is 6.01. The summed E-state index contributed by atoms with van der Waals surface area (Å²) in [4.78, 5) is 31.1. The maximum absolute atomic E-state index is 13.5. The summed E-state index contributed by atoms with van der Waals surface area (Å²) >= 11 is 0. The second-order valence-corrected chi connectivity index (χ2v) is 13.0. The van der Waals surface area contributed by atoms with Gasteiger partial charge in [0, 0.05) is 17.7 Å². The van der Waals surface area contributed by atoms with E-state index in [2.05, 4.69) is 20.1 Å². The van der Waals surface area contributed by atoms with Crippen LogP contribution in [0.4, 0.5) is 14.6 Å². The largest absolute Gasteiger partial charge is 0.586 e. The Balaban J connectivity index is 0.964. The Labute approximate surface area is 313 Å². The normalized spacial score (nSPS) is 15.0. The maximum Gasteiger partial charge on any atom is 0.586 e. The molecule has 0 spiro atoms. The number of nitrogens with zero attached hydrogens (tertiary/aromatic N) is 1. The van der Waals surface area contributed by atoms with Crippen molar-refractivity contribution in [2.75, 3.05) is 84.5 Å². The first kappa shape index (κ1) is 40.9. The zero-order chi connectivity index (χ0) is 38.4. The smallest absolute Gasteiger partial charge is 0.395 e. The van der Waals surface area contributed by atoms with Crippen molar-refractivity contribution < 1.29 is 56.3 Å². The summed E-state index contributed by atoms with van der Waals surface area (Å²) < 4.78 is 69.0.